The number of unbranched alkanes of at least 4 members (excludes halogenated alkanes) is 1. The van der Waals surface area contributed by atoms with Crippen LogP contribution in [0.5, 0.6) is 0 Å². The maximum Gasteiger partial charge on any atom is 0.251 e. The number of hydrogen-bond acceptors (Lipinski definition) is 9. The van der Waals surface area contributed by atoms with Gasteiger partial charge in [-0.15, -0.1) is 0 Å². The second-order valence-electron chi connectivity index (χ2n) is 9.85. The Hall–Kier alpha value is -3.92. The molecule has 11 nitrogen and oxygen atoms in total. The summed E-state index contributed by atoms with van der Waals surface area (Å²) < 4.78 is 4.20. The van der Waals surface area contributed by atoms with Gasteiger partial charge in [0.15, 0.2) is 0 Å². The first kappa shape index (κ1) is 27.6. The average molecular weight is 559 g/mol. The van der Waals surface area contributed by atoms with Crippen LogP contribution < -0.4 is 16.0 Å². The molecule has 40 heavy (non-hydrogen) atoms. The van der Waals surface area contributed by atoms with E-state index in [1.165, 1.54) is 0 Å². The van der Waals surface area contributed by atoms with E-state index in [1.807, 2.05) is 42.3 Å². The van der Waals surface area contributed by atoms with Gasteiger partial charge in [-0.2, -0.15) is 15.3 Å². The molecule has 0 bridgehead atoms. The summed E-state index contributed by atoms with van der Waals surface area (Å²) >= 11 is 1.78. The molecule has 12 heteroatoms. The molecule has 1 saturated heterocycles. The SMILES string of the molecule is CCSN1CC(CC#N)(n2cc(-c3nc(Nc4ccc(C(=O)NCCCCNC)cc4)nc4[nH]ccc34)cn2)C1. The van der Waals surface area contributed by atoms with Crippen LogP contribution in [0.2, 0.25) is 0 Å². The van der Waals surface area contributed by atoms with Gasteiger partial charge in [0.2, 0.25) is 5.95 Å². The van der Waals surface area contributed by atoms with Gasteiger partial charge in [0.05, 0.1) is 24.4 Å². The molecule has 0 aliphatic carbocycles. The molecule has 0 saturated carbocycles. The van der Waals surface area contributed by atoms with Crippen molar-refractivity contribution in [2.45, 2.75) is 31.7 Å². The Morgan fingerprint density at radius 2 is 1.98 bits per heavy atom. The third-order valence-electron chi connectivity index (χ3n) is 6.96. The van der Waals surface area contributed by atoms with E-state index in [-0.39, 0.29) is 11.4 Å². The molecule has 1 aliphatic rings. The molecule has 4 aromatic rings. The molecular weight excluding hydrogens is 524 g/mol. The lowest BCUT2D eigenvalue weighted by molar-refractivity contribution is 0.0812. The fourth-order valence-electron chi connectivity index (χ4n) is 4.86. The smallest absolute Gasteiger partial charge is 0.251 e. The normalized spacial score (nSPS) is 14.5. The van der Waals surface area contributed by atoms with Crippen molar-refractivity contribution in [2.75, 3.05) is 44.3 Å². The van der Waals surface area contributed by atoms with Gasteiger partial charge < -0.3 is 20.9 Å². The Kier molecular flexibility index (Phi) is 8.64. The van der Waals surface area contributed by atoms with Gasteiger partial charge in [0.1, 0.15) is 11.2 Å². The monoisotopic (exact) mass is 558 g/mol. The van der Waals surface area contributed by atoms with E-state index >= 15 is 0 Å². The average Bonchev–Trinajstić information content (AvgIpc) is 3.62. The number of rotatable bonds is 13. The molecule has 0 unspecified atom stereocenters. The van der Waals surface area contributed by atoms with Crippen molar-refractivity contribution in [1.29, 1.82) is 5.26 Å². The van der Waals surface area contributed by atoms with E-state index in [1.54, 1.807) is 30.3 Å². The van der Waals surface area contributed by atoms with Crippen molar-refractivity contribution >= 4 is 40.5 Å². The molecule has 1 aliphatic heterocycles. The van der Waals surface area contributed by atoms with E-state index in [9.17, 15) is 10.1 Å². The van der Waals surface area contributed by atoms with E-state index < -0.39 is 0 Å². The van der Waals surface area contributed by atoms with Crippen molar-refractivity contribution in [3.63, 3.8) is 0 Å². The van der Waals surface area contributed by atoms with Crippen molar-refractivity contribution < 1.29 is 4.79 Å². The number of amides is 1. The van der Waals surface area contributed by atoms with Gasteiger partial charge in [-0.1, -0.05) is 18.9 Å². The number of aromatic amines is 1. The highest BCUT2D eigenvalue weighted by molar-refractivity contribution is 7.97. The first-order valence-electron chi connectivity index (χ1n) is 13.5. The van der Waals surface area contributed by atoms with E-state index in [0.717, 1.165) is 60.6 Å². The zero-order valence-electron chi connectivity index (χ0n) is 22.8. The predicted molar refractivity (Wildman–Crippen MR) is 158 cm³/mol. The van der Waals surface area contributed by atoms with Gasteiger partial charge in [-0.3, -0.25) is 9.48 Å². The summed E-state index contributed by atoms with van der Waals surface area (Å²) in [6.45, 7) is 5.28. The highest BCUT2D eigenvalue weighted by Crippen LogP contribution is 2.37. The quantitative estimate of drug-likeness (QED) is 0.142. The molecule has 1 amide bonds. The van der Waals surface area contributed by atoms with Crippen LogP contribution in [0.15, 0.2) is 48.9 Å². The van der Waals surface area contributed by atoms with Crippen molar-refractivity contribution in [1.82, 2.24) is 39.7 Å². The van der Waals surface area contributed by atoms with Crippen LogP contribution in [0, 0.1) is 11.3 Å². The second-order valence-corrected chi connectivity index (χ2v) is 11.2. The molecule has 0 spiro atoms. The minimum atomic E-state index is -0.332. The number of nitrogens with zero attached hydrogens (tertiary/aromatic N) is 6. The van der Waals surface area contributed by atoms with Crippen LogP contribution in [0.3, 0.4) is 0 Å². The van der Waals surface area contributed by atoms with Gasteiger partial charge >= 0.3 is 0 Å². The number of hydrogen-bond donors (Lipinski definition) is 4. The Balaban J connectivity index is 1.32. The number of carbonyl (C=O) groups is 1. The summed E-state index contributed by atoms with van der Waals surface area (Å²) in [5.41, 5.74) is 3.35. The standard InChI is InChI=1S/C28H34N10OS/c1-3-40-37-18-28(19-37,11-12-29)38-17-21(16-33-38)24-23-10-15-31-25(23)36-27(35-24)34-22-8-6-20(7-9-22)26(39)32-14-5-4-13-30-2/h6-10,15-17,30H,3-5,11,13-14,18-19H2,1-2H3,(H,32,39)(H2,31,34,35,36). The first-order chi connectivity index (χ1) is 19.5. The molecule has 1 aromatic carbocycles. The van der Waals surface area contributed by atoms with E-state index in [0.29, 0.717) is 30.1 Å². The van der Waals surface area contributed by atoms with Crippen LogP contribution in [0.4, 0.5) is 11.6 Å². The molecule has 3 aromatic heterocycles. The summed E-state index contributed by atoms with van der Waals surface area (Å²) in [6, 6.07) is 11.6. The summed E-state index contributed by atoms with van der Waals surface area (Å²) in [5, 5.41) is 24.4. The van der Waals surface area contributed by atoms with Gasteiger partial charge in [-0.05, 0) is 56.8 Å². The lowest BCUT2D eigenvalue weighted by Gasteiger charge is -2.48. The highest BCUT2D eigenvalue weighted by Gasteiger charge is 2.45. The van der Waals surface area contributed by atoms with Gasteiger partial charge in [0, 0.05) is 60.0 Å². The lowest BCUT2D eigenvalue weighted by atomic mass is 9.89. The lowest BCUT2D eigenvalue weighted by Crippen LogP contribution is -2.60. The summed E-state index contributed by atoms with van der Waals surface area (Å²) in [6.07, 6.45) is 7.98. The zero-order chi connectivity index (χ0) is 28.0. The fraction of sp³-hybridized carbons (Fsp3) is 0.393. The molecule has 4 heterocycles. The molecule has 4 N–H and O–H groups in total. The predicted octanol–water partition coefficient (Wildman–Crippen LogP) is 3.89. The van der Waals surface area contributed by atoms with Crippen LogP contribution in [0.25, 0.3) is 22.3 Å². The summed E-state index contributed by atoms with van der Waals surface area (Å²) in [4.78, 5) is 25.1. The Morgan fingerprint density at radius 3 is 2.73 bits per heavy atom. The van der Waals surface area contributed by atoms with Crippen molar-refractivity contribution in [3.8, 4) is 17.3 Å². The second kappa shape index (κ2) is 12.5. The third kappa shape index (κ3) is 5.96. The number of aromatic nitrogens is 5. The van der Waals surface area contributed by atoms with E-state index in [2.05, 4.69) is 48.3 Å². The third-order valence-corrected chi connectivity index (χ3v) is 7.84. The van der Waals surface area contributed by atoms with Gasteiger partial charge in [-0.25, -0.2) is 9.29 Å². The minimum Gasteiger partial charge on any atom is -0.352 e. The van der Waals surface area contributed by atoms with Crippen molar-refractivity contribution in [2.24, 2.45) is 0 Å². The largest absolute Gasteiger partial charge is 0.352 e. The van der Waals surface area contributed by atoms with Crippen LogP contribution in [-0.4, -0.2) is 73.9 Å². The van der Waals surface area contributed by atoms with E-state index in [4.69, 9.17) is 4.98 Å². The number of nitriles is 1. The van der Waals surface area contributed by atoms with Crippen LogP contribution in [0.1, 0.15) is 36.5 Å². The maximum absolute atomic E-state index is 12.4. The maximum atomic E-state index is 12.4. The molecule has 0 radical (unpaired) electrons. The molecule has 5 rings (SSSR count). The Bertz CT molecular complexity index is 1480. The molecule has 1 fully saturated rings. The number of benzene rings is 1. The number of carbonyl (C=O) groups excluding carboxylic acids is 1. The van der Waals surface area contributed by atoms with Crippen molar-refractivity contribution in [3.05, 3.63) is 54.5 Å². The highest BCUT2D eigenvalue weighted by atomic mass is 32.2. The molecule has 208 valence electrons. The van der Waals surface area contributed by atoms with Gasteiger partial charge in [0.25, 0.3) is 5.91 Å². The number of nitrogens with one attached hydrogen (secondary N) is 4. The summed E-state index contributed by atoms with van der Waals surface area (Å²) in [7, 11) is 1.92. The topological polar surface area (TPSA) is 140 Å². The van der Waals surface area contributed by atoms with Crippen LogP contribution >= 0.6 is 11.9 Å². The Labute approximate surface area is 237 Å². The first-order valence-corrected chi connectivity index (χ1v) is 14.4. The number of anilines is 2. The fourth-order valence-corrected chi connectivity index (χ4v) is 5.88. The summed E-state index contributed by atoms with van der Waals surface area (Å²) in [5.74, 6) is 1.35. The number of H-pyrrole nitrogens is 1. The number of fused-ring (bicyclic) bond motifs is 1. The molecule has 0 atom stereocenters. The molecular formula is C28H34N10OS. The Morgan fingerprint density at radius 1 is 1.18 bits per heavy atom. The minimum absolute atomic E-state index is 0.0867. The van der Waals surface area contributed by atoms with Crippen LogP contribution in [-0.2, 0) is 5.54 Å². The zero-order valence-corrected chi connectivity index (χ0v) is 23.6.